The van der Waals surface area contributed by atoms with Crippen molar-refractivity contribution in [3.63, 3.8) is 0 Å². The largest absolute Gasteiger partial charge is 0.496 e. The number of hydrogen-bond acceptors (Lipinski definition) is 10. The SMILES string of the molecule is COc1cc(CN(C)CCN2CCOCC2)ccc1C1CC(Nc2cnc(C#N)cn2)NN1. The Morgan fingerprint density at radius 1 is 1.27 bits per heavy atom. The second-order valence-corrected chi connectivity index (χ2v) is 8.44. The maximum atomic E-state index is 8.86. The highest BCUT2D eigenvalue weighted by atomic mass is 16.5. The number of nitriles is 1. The lowest BCUT2D eigenvalue weighted by molar-refractivity contribution is 0.0342. The van der Waals surface area contributed by atoms with Gasteiger partial charge in [0, 0.05) is 44.7 Å². The zero-order valence-electron chi connectivity index (χ0n) is 19.3. The Labute approximate surface area is 194 Å². The van der Waals surface area contributed by atoms with E-state index in [1.807, 2.05) is 6.07 Å². The number of likely N-dealkylation sites (N-methyl/N-ethyl adjacent to an activating group) is 1. The molecule has 1 aromatic heterocycles. The highest BCUT2D eigenvalue weighted by molar-refractivity contribution is 5.41. The van der Waals surface area contributed by atoms with Crippen molar-refractivity contribution in [1.29, 1.82) is 5.26 Å². The predicted molar refractivity (Wildman–Crippen MR) is 124 cm³/mol. The third-order valence-corrected chi connectivity index (χ3v) is 6.02. The second-order valence-electron chi connectivity index (χ2n) is 8.44. The molecule has 10 heteroatoms. The van der Waals surface area contributed by atoms with Crippen molar-refractivity contribution >= 4 is 5.82 Å². The van der Waals surface area contributed by atoms with Crippen LogP contribution < -0.4 is 20.9 Å². The highest BCUT2D eigenvalue weighted by Gasteiger charge is 2.27. The van der Waals surface area contributed by atoms with Crippen LogP contribution in [0, 0.1) is 11.3 Å². The number of nitrogens with zero attached hydrogens (tertiary/aromatic N) is 5. The fourth-order valence-electron chi connectivity index (χ4n) is 4.16. The summed E-state index contributed by atoms with van der Waals surface area (Å²) >= 11 is 0. The Morgan fingerprint density at radius 2 is 2.12 bits per heavy atom. The van der Waals surface area contributed by atoms with E-state index in [0.29, 0.717) is 11.5 Å². The van der Waals surface area contributed by atoms with Crippen LogP contribution in [0.15, 0.2) is 30.6 Å². The van der Waals surface area contributed by atoms with Crippen molar-refractivity contribution in [3.05, 3.63) is 47.4 Å². The minimum Gasteiger partial charge on any atom is -0.496 e. The molecule has 4 rings (SSSR count). The van der Waals surface area contributed by atoms with Crippen molar-refractivity contribution in [2.45, 2.75) is 25.2 Å². The molecule has 1 aromatic carbocycles. The summed E-state index contributed by atoms with van der Waals surface area (Å²) in [6.07, 6.45) is 3.81. The molecule has 2 fully saturated rings. The zero-order chi connectivity index (χ0) is 23.0. The number of morpholine rings is 1. The standard InChI is InChI=1S/C23H32N8O2/c1-30(5-6-31-7-9-33-10-8-31)16-17-3-4-19(21(11-17)32-2)20-12-22(29-28-20)27-23-15-25-18(13-24)14-26-23/h3-4,11,14-15,20,22,28-29H,5-10,12,16H2,1-2H3,(H,26,27). The van der Waals surface area contributed by atoms with E-state index in [1.165, 1.54) is 11.8 Å². The summed E-state index contributed by atoms with van der Waals surface area (Å²) in [5.74, 6) is 1.50. The first-order chi connectivity index (χ1) is 16.1. The molecule has 0 aliphatic carbocycles. The summed E-state index contributed by atoms with van der Waals surface area (Å²) in [4.78, 5) is 13.1. The van der Waals surface area contributed by atoms with E-state index in [-0.39, 0.29) is 12.2 Å². The molecule has 2 aliphatic rings. The summed E-state index contributed by atoms with van der Waals surface area (Å²) in [7, 11) is 3.88. The van der Waals surface area contributed by atoms with Crippen LogP contribution in [0.1, 0.15) is 29.3 Å². The zero-order valence-corrected chi connectivity index (χ0v) is 19.3. The topological polar surface area (TPSA) is 111 Å². The van der Waals surface area contributed by atoms with Crippen molar-refractivity contribution in [3.8, 4) is 11.8 Å². The van der Waals surface area contributed by atoms with Crippen LogP contribution in [-0.2, 0) is 11.3 Å². The number of hydrogen-bond donors (Lipinski definition) is 3. The first-order valence-electron chi connectivity index (χ1n) is 11.3. The number of benzene rings is 1. The fraction of sp³-hybridized carbons (Fsp3) is 0.522. The third-order valence-electron chi connectivity index (χ3n) is 6.02. The van der Waals surface area contributed by atoms with Gasteiger partial charge in [-0.3, -0.25) is 4.90 Å². The van der Waals surface area contributed by atoms with E-state index in [9.17, 15) is 0 Å². The molecule has 176 valence electrons. The molecule has 2 aliphatic heterocycles. The van der Waals surface area contributed by atoms with Crippen LogP contribution in [0.3, 0.4) is 0 Å². The minimum absolute atomic E-state index is 0.0204. The summed E-state index contributed by atoms with van der Waals surface area (Å²) in [6, 6.07) is 8.53. The summed E-state index contributed by atoms with van der Waals surface area (Å²) in [5.41, 5.74) is 9.24. The minimum atomic E-state index is -0.0204. The molecule has 3 N–H and O–H groups in total. The molecule has 0 spiro atoms. The first-order valence-corrected chi connectivity index (χ1v) is 11.3. The fourth-order valence-corrected chi connectivity index (χ4v) is 4.16. The summed E-state index contributed by atoms with van der Waals surface area (Å²) < 4.78 is 11.2. The molecule has 2 atom stereocenters. The van der Waals surface area contributed by atoms with E-state index in [2.05, 4.69) is 61.2 Å². The van der Waals surface area contributed by atoms with Crippen molar-refractivity contribution in [2.24, 2.45) is 0 Å². The smallest absolute Gasteiger partial charge is 0.158 e. The Balaban J connectivity index is 1.31. The molecular formula is C23H32N8O2. The van der Waals surface area contributed by atoms with Gasteiger partial charge in [0.05, 0.1) is 44.9 Å². The van der Waals surface area contributed by atoms with Gasteiger partial charge in [-0.1, -0.05) is 12.1 Å². The Bertz CT molecular complexity index is 942. The van der Waals surface area contributed by atoms with Crippen LogP contribution in [0.25, 0.3) is 0 Å². The maximum absolute atomic E-state index is 8.86. The monoisotopic (exact) mass is 452 g/mol. The van der Waals surface area contributed by atoms with Gasteiger partial charge in [-0.05, 0) is 18.7 Å². The normalized spacial score (nSPS) is 21.2. The molecule has 10 nitrogen and oxygen atoms in total. The third kappa shape index (κ3) is 6.37. The Hall–Kier alpha value is -2.81. The number of ether oxygens (including phenoxy) is 2. The van der Waals surface area contributed by atoms with Gasteiger partial charge in [0.25, 0.3) is 0 Å². The molecule has 0 amide bonds. The molecular weight excluding hydrogens is 420 g/mol. The highest BCUT2D eigenvalue weighted by Crippen LogP contribution is 2.31. The number of methoxy groups -OCH3 is 1. The van der Waals surface area contributed by atoms with E-state index >= 15 is 0 Å². The molecule has 2 saturated heterocycles. The van der Waals surface area contributed by atoms with Crippen molar-refractivity contribution in [2.75, 3.05) is 58.9 Å². The lowest BCUT2D eigenvalue weighted by Crippen LogP contribution is -2.40. The van der Waals surface area contributed by atoms with Gasteiger partial charge in [-0.2, -0.15) is 5.26 Å². The van der Waals surface area contributed by atoms with Gasteiger partial charge < -0.3 is 19.7 Å². The number of aromatic nitrogens is 2. The van der Waals surface area contributed by atoms with Crippen LogP contribution in [0.5, 0.6) is 5.75 Å². The van der Waals surface area contributed by atoms with E-state index in [0.717, 1.165) is 63.7 Å². The maximum Gasteiger partial charge on any atom is 0.158 e. The molecule has 2 aromatic rings. The van der Waals surface area contributed by atoms with Gasteiger partial charge in [0.15, 0.2) is 5.69 Å². The second kappa shape index (κ2) is 11.4. The molecule has 2 unspecified atom stereocenters. The Morgan fingerprint density at radius 3 is 2.85 bits per heavy atom. The number of rotatable bonds is 9. The lowest BCUT2D eigenvalue weighted by Gasteiger charge is -2.28. The average Bonchev–Trinajstić information content (AvgIpc) is 3.32. The quantitative estimate of drug-likeness (QED) is 0.511. The number of nitrogens with one attached hydrogen (secondary N) is 3. The van der Waals surface area contributed by atoms with Crippen molar-refractivity contribution in [1.82, 2.24) is 30.6 Å². The number of hydrazine groups is 1. The molecule has 0 bridgehead atoms. The van der Waals surface area contributed by atoms with Gasteiger partial charge in [-0.25, -0.2) is 20.8 Å². The summed E-state index contributed by atoms with van der Waals surface area (Å²) in [5, 5.41) is 12.1. The number of anilines is 1. The van der Waals surface area contributed by atoms with Crippen LogP contribution >= 0.6 is 0 Å². The predicted octanol–water partition coefficient (Wildman–Crippen LogP) is 1.10. The van der Waals surface area contributed by atoms with Gasteiger partial charge in [0.1, 0.15) is 17.6 Å². The molecule has 0 radical (unpaired) electrons. The van der Waals surface area contributed by atoms with Crippen LogP contribution in [0.4, 0.5) is 5.82 Å². The first kappa shape index (κ1) is 23.4. The van der Waals surface area contributed by atoms with Gasteiger partial charge in [-0.15, -0.1) is 0 Å². The van der Waals surface area contributed by atoms with E-state index in [4.69, 9.17) is 14.7 Å². The molecule has 3 heterocycles. The van der Waals surface area contributed by atoms with Gasteiger partial charge in [0.2, 0.25) is 0 Å². The van der Waals surface area contributed by atoms with Gasteiger partial charge >= 0.3 is 0 Å². The van der Waals surface area contributed by atoms with Crippen LogP contribution in [0.2, 0.25) is 0 Å². The average molecular weight is 453 g/mol. The Kier molecular flexibility index (Phi) is 8.04. The van der Waals surface area contributed by atoms with E-state index in [1.54, 1.807) is 13.3 Å². The summed E-state index contributed by atoms with van der Waals surface area (Å²) in [6.45, 7) is 6.67. The molecule has 33 heavy (non-hydrogen) atoms. The lowest BCUT2D eigenvalue weighted by atomic mass is 10.0. The van der Waals surface area contributed by atoms with E-state index < -0.39 is 0 Å². The molecule has 0 saturated carbocycles. The van der Waals surface area contributed by atoms with Crippen LogP contribution in [-0.4, -0.2) is 79.5 Å². The van der Waals surface area contributed by atoms with Crippen molar-refractivity contribution < 1.29 is 9.47 Å².